The summed E-state index contributed by atoms with van der Waals surface area (Å²) in [6.45, 7) is 4.08. The van der Waals surface area contributed by atoms with E-state index in [1.165, 1.54) is 12.8 Å². The minimum Gasteiger partial charge on any atom is -0.355 e. The third kappa shape index (κ3) is 1.68. The summed E-state index contributed by atoms with van der Waals surface area (Å²) in [6, 6.07) is 0. The van der Waals surface area contributed by atoms with Crippen molar-refractivity contribution in [2.45, 2.75) is 19.8 Å². The highest BCUT2D eigenvalue weighted by Crippen LogP contribution is 2.39. The van der Waals surface area contributed by atoms with Crippen LogP contribution in [0.1, 0.15) is 18.4 Å². The van der Waals surface area contributed by atoms with Gasteiger partial charge in [0.25, 0.3) is 0 Å². The molecule has 4 heterocycles. The zero-order chi connectivity index (χ0) is 13.7. The van der Waals surface area contributed by atoms with E-state index in [0.717, 1.165) is 44.9 Å². The quantitative estimate of drug-likeness (QED) is 0.691. The number of rotatable bonds is 1. The molecule has 1 aliphatic heterocycles. The van der Waals surface area contributed by atoms with Gasteiger partial charge in [-0.1, -0.05) is 11.6 Å². The van der Waals surface area contributed by atoms with Crippen molar-refractivity contribution in [3.05, 3.63) is 17.0 Å². The fourth-order valence-corrected chi connectivity index (χ4v) is 4.00. The standard InChI is InChI=1S/C13H12ClN5S/c1-7-8-9-10(20-13(8)18-17-11(7)14)12(16-6-15-9)19-4-2-3-5-19/h6H,2-5H2,1H3. The van der Waals surface area contributed by atoms with Crippen molar-refractivity contribution in [1.29, 1.82) is 0 Å². The van der Waals surface area contributed by atoms with E-state index in [4.69, 9.17) is 11.6 Å². The maximum Gasteiger partial charge on any atom is 0.155 e. The smallest absolute Gasteiger partial charge is 0.155 e. The van der Waals surface area contributed by atoms with Crippen molar-refractivity contribution >= 4 is 49.2 Å². The van der Waals surface area contributed by atoms with Crippen molar-refractivity contribution in [3.8, 4) is 0 Å². The molecule has 1 saturated heterocycles. The van der Waals surface area contributed by atoms with Gasteiger partial charge in [-0.2, -0.15) is 0 Å². The van der Waals surface area contributed by atoms with Crippen LogP contribution in [0.15, 0.2) is 6.33 Å². The van der Waals surface area contributed by atoms with Crippen LogP contribution in [0.5, 0.6) is 0 Å². The molecule has 0 bridgehead atoms. The van der Waals surface area contributed by atoms with Gasteiger partial charge in [-0.15, -0.1) is 21.5 Å². The summed E-state index contributed by atoms with van der Waals surface area (Å²) in [7, 11) is 0. The molecule has 20 heavy (non-hydrogen) atoms. The third-order valence-corrected chi connectivity index (χ3v) is 5.17. The molecule has 3 aromatic rings. The van der Waals surface area contributed by atoms with Gasteiger partial charge in [-0.05, 0) is 19.8 Å². The van der Waals surface area contributed by atoms with Crippen LogP contribution in [0, 0.1) is 6.92 Å². The summed E-state index contributed by atoms with van der Waals surface area (Å²) in [6.07, 6.45) is 4.08. The van der Waals surface area contributed by atoms with E-state index in [2.05, 4.69) is 25.1 Å². The van der Waals surface area contributed by atoms with Gasteiger partial charge in [0.05, 0.1) is 10.2 Å². The van der Waals surface area contributed by atoms with Gasteiger partial charge in [-0.25, -0.2) is 9.97 Å². The largest absolute Gasteiger partial charge is 0.355 e. The van der Waals surface area contributed by atoms with Crippen LogP contribution in [0.2, 0.25) is 5.15 Å². The van der Waals surface area contributed by atoms with E-state index in [-0.39, 0.29) is 0 Å². The molecule has 0 atom stereocenters. The van der Waals surface area contributed by atoms with Gasteiger partial charge in [0.2, 0.25) is 0 Å². The Morgan fingerprint density at radius 3 is 2.80 bits per heavy atom. The summed E-state index contributed by atoms with van der Waals surface area (Å²) in [5.41, 5.74) is 1.88. The molecule has 1 fully saturated rings. The highest BCUT2D eigenvalue weighted by atomic mass is 35.5. The van der Waals surface area contributed by atoms with Gasteiger partial charge < -0.3 is 4.90 Å². The normalized spacial score (nSPS) is 15.6. The highest BCUT2D eigenvalue weighted by Gasteiger charge is 2.21. The first-order chi connectivity index (χ1) is 9.75. The van der Waals surface area contributed by atoms with E-state index in [1.54, 1.807) is 17.7 Å². The highest BCUT2D eigenvalue weighted by molar-refractivity contribution is 7.26. The third-order valence-electron chi connectivity index (χ3n) is 3.75. The Bertz CT molecular complexity index is 809. The average molecular weight is 306 g/mol. The van der Waals surface area contributed by atoms with Crippen LogP contribution in [-0.2, 0) is 0 Å². The lowest BCUT2D eigenvalue weighted by Crippen LogP contribution is -2.18. The fourth-order valence-electron chi connectivity index (χ4n) is 2.72. The topological polar surface area (TPSA) is 54.8 Å². The van der Waals surface area contributed by atoms with Gasteiger partial charge in [-0.3, -0.25) is 0 Å². The second-order valence-electron chi connectivity index (χ2n) is 4.97. The van der Waals surface area contributed by atoms with Crippen LogP contribution < -0.4 is 4.90 Å². The Labute approximate surface area is 124 Å². The molecule has 3 aromatic heterocycles. The number of hydrogen-bond donors (Lipinski definition) is 0. The lowest BCUT2D eigenvalue weighted by atomic mass is 10.2. The number of anilines is 1. The molecule has 0 radical (unpaired) electrons. The van der Waals surface area contributed by atoms with E-state index < -0.39 is 0 Å². The minimum absolute atomic E-state index is 0.443. The molecule has 5 nitrogen and oxygen atoms in total. The maximum atomic E-state index is 6.09. The van der Waals surface area contributed by atoms with Crippen molar-refractivity contribution < 1.29 is 0 Å². The first kappa shape index (κ1) is 12.2. The lowest BCUT2D eigenvalue weighted by Gasteiger charge is -2.16. The molecule has 4 rings (SSSR count). The second-order valence-corrected chi connectivity index (χ2v) is 6.32. The summed E-state index contributed by atoms with van der Waals surface area (Å²) in [5, 5.41) is 9.64. The zero-order valence-electron chi connectivity index (χ0n) is 10.9. The maximum absolute atomic E-state index is 6.09. The first-order valence-corrected chi connectivity index (χ1v) is 7.76. The SMILES string of the molecule is Cc1c(Cl)nnc2sc3c(N4CCCC4)ncnc3c12. The van der Waals surface area contributed by atoms with Gasteiger partial charge in [0.1, 0.15) is 17.0 Å². The molecule has 102 valence electrons. The summed E-state index contributed by atoms with van der Waals surface area (Å²) < 4.78 is 1.09. The Kier molecular flexibility index (Phi) is 2.75. The van der Waals surface area contributed by atoms with Gasteiger partial charge in [0, 0.05) is 24.0 Å². The average Bonchev–Trinajstić information content (AvgIpc) is 3.09. The molecule has 0 aliphatic carbocycles. The van der Waals surface area contributed by atoms with E-state index in [0.29, 0.717) is 5.15 Å². The number of aromatic nitrogens is 4. The number of fused-ring (bicyclic) bond motifs is 3. The molecule has 0 spiro atoms. The molecule has 0 amide bonds. The van der Waals surface area contributed by atoms with E-state index >= 15 is 0 Å². The molecule has 0 N–H and O–H groups in total. The van der Waals surface area contributed by atoms with Crippen LogP contribution in [0.3, 0.4) is 0 Å². The molecule has 0 aromatic carbocycles. The zero-order valence-corrected chi connectivity index (χ0v) is 12.5. The van der Waals surface area contributed by atoms with Crippen LogP contribution >= 0.6 is 22.9 Å². The molecule has 7 heteroatoms. The van der Waals surface area contributed by atoms with Crippen LogP contribution in [0.4, 0.5) is 5.82 Å². The second kappa shape index (κ2) is 4.49. The molecule has 0 unspecified atom stereocenters. The number of nitrogens with zero attached hydrogens (tertiary/aromatic N) is 5. The Balaban J connectivity index is 2.06. The van der Waals surface area contributed by atoms with E-state index in [1.807, 2.05) is 6.92 Å². The molecular weight excluding hydrogens is 294 g/mol. The van der Waals surface area contributed by atoms with Crippen molar-refractivity contribution in [2.24, 2.45) is 0 Å². The first-order valence-electron chi connectivity index (χ1n) is 6.56. The summed E-state index contributed by atoms with van der Waals surface area (Å²) in [5.74, 6) is 1.02. The Hall–Kier alpha value is -1.53. The number of halogens is 1. The Morgan fingerprint density at radius 2 is 2.00 bits per heavy atom. The fraction of sp³-hybridized carbons (Fsp3) is 0.385. The lowest BCUT2D eigenvalue weighted by molar-refractivity contribution is 0.941. The Morgan fingerprint density at radius 1 is 1.20 bits per heavy atom. The van der Waals surface area contributed by atoms with E-state index in [9.17, 15) is 0 Å². The van der Waals surface area contributed by atoms with Gasteiger partial charge >= 0.3 is 0 Å². The number of hydrogen-bond acceptors (Lipinski definition) is 6. The van der Waals surface area contributed by atoms with Crippen molar-refractivity contribution in [3.63, 3.8) is 0 Å². The number of aryl methyl sites for hydroxylation is 1. The summed E-state index contributed by atoms with van der Waals surface area (Å²) in [4.78, 5) is 12.1. The molecule has 0 saturated carbocycles. The monoisotopic (exact) mass is 305 g/mol. The van der Waals surface area contributed by atoms with Crippen molar-refractivity contribution in [2.75, 3.05) is 18.0 Å². The number of thiophene rings is 1. The van der Waals surface area contributed by atoms with Crippen LogP contribution in [0.25, 0.3) is 20.4 Å². The van der Waals surface area contributed by atoms with Crippen LogP contribution in [-0.4, -0.2) is 33.3 Å². The summed E-state index contributed by atoms with van der Waals surface area (Å²) >= 11 is 7.69. The molecular formula is C13H12ClN5S. The van der Waals surface area contributed by atoms with Gasteiger partial charge in [0.15, 0.2) is 5.15 Å². The molecule has 1 aliphatic rings. The predicted molar refractivity (Wildman–Crippen MR) is 81.7 cm³/mol. The van der Waals surface area contributed by atoms with Crippen molar-refractivity contribution in [1.82, 2.24) is 20.2 Å². The minimum atomic E-state index is 0.443. The predicted octanol–water partition coefficient (Wildman–Crippen LogP) is 3.20.